The molecule has 0 aliphatic rings. The number of aryl methyl sites for hydroxylation is 1. The molecule has 4 N–H and O–H groups in total. The van der Waals surface area contributed by atoms with Crippen LogP contribution in [0.3, 0.4) is 0 Å². The molecule has 0 radical (unpaired) electrons. The summed E-state index contributed by atoms with van der Waals surface area (Å²) in [5.74, 6) is 8.78. The molecule has 11 aromatic rings. The molecule has 19 nitrogen and oxygen atoms in total. The molecule has 23 heteroatoms. The number of rotatable bonds is 11. The summed E-state index contributed by atoms with van der Waals surface area (Å²) < 4.78 is 18.6. The molecule has 0 fully saturated rings. The molecule has 0 atom stereocenters. The van der Waals surface area contributed by atoms with Crippen LogP contribution in [0.4, 0.5) is 0 Å². The number of aromatic amines is 4. The average Bonchev–Trinajstić information content (AvgIpc) is 1.77. The van der Waals surface area contributed by atoms with E-state index in [0.29, 0.717) is 65.1 Å². The fourth-order valence-electron chi connectivity index (χ4n) is 6.19. The molecule has 11 aromatic heterocycles. The molecule has 0 spiro atoms. The van der Waals surface area contributed by atoms with Crippen LogP contribution < -0.4 is 0 Å². The zero-order valence-electron chi connectivity index (χ0n) is 77.1. The first kappa shape index (κ1) is 123. The van der Waals surface area contributed by atoms with Crippen molar-refractivity contribution in [2.45, 2.75) is 363 Å². The maximum Gasteiger partial charge on any atom is 0.196 e. The Balaban J connectivity index is -0.000000121. The lowest BCUT2D eigenvalue weighted by Crippen LogP contribution is -1.87. The van der Waals surface area contributed by atoms with E-state index in [1.54, 1.807) is 84.0 Å². The lowest BCUT2D eigenvalue weighted by Gasteiger charge is -1.97. The van der Waals surface area contributed by atoms with Crippen molar-refractivity contribution in [3.8, 4) is 0 Å². The summed E-state index contributed by atoms with van der Waals surface area (Å²) in [6, 6.07) is 1.99. The Hall–Kier alpha value is -7.08. The Morgan fingerprint density at radius 2 is 0.936 bits per heavy atom. The largest absolute Gasteiger partial charge is 0.451 e. The lowest BCUT2D eigenvalue weighted by molar-refractivity contribution is 0.471. The summed E-state index contributed by atoms with van der Waals surface area (Å²) in [6.07, 6.45) is 25.8. The molecule has 0 saturated heterocycles. The molecule has 0 aliphatic carbocycles. The second kappa shape index (κ2) is 91.5. The van der Waals surface area contributed by atoms with Crippen LogP contribution >= 0.6 is 45.5 Å². The molecule has 11 rings (SSSR count). The minimum Gasteiger partial charge on any atom is -0.451 e. The lowest BCUT2D eigenvalue weighted by atomic mass is 10.1. The van der Waals surface area contributed by atoms with Gasteiger partial charge in [0.15, 0.2) is 18.7 Å². The predicted octanol–water partition coefficient (Wildman–Crippen LogP) is 30.6. The van der Waals surface area contributed by atoms with E-state index in [9.17, 15) is 0 Å². The van der Waals surface area contributed by atoms with Gasteiger partial charge in [0.1, 0.15) is 24.1 Å². The van der Waals surface area contributed by atoms with Crippen molar-refractivity contribution in [3.05, 3.63) is 188 Å². The van der Waals surface area contributed by atoms with Gasteiger partial charge < -0.3 is 28.2 Å². The van der Waals surface area contributed by atoms with Gasteiger partial charge in [0.2, 0.25) is 0 Å². The Bertz CT molecular complexity index is 2480. The number of imidazole rings is 3. The Morgan fingerprint density at radius 3 is 1.12 bits per heavy atom. The van der Waals surface area contributed by atoms with Crippen LogP contribution in [0.25, 0.3) is 0 Å². The van der Waals surface area contributed by atoms with Gasteiger partial charge in [-0.25, -0.2) is 39.9 Å². The minimum absolute atomic E-state index is 0.407. The van der Waals surface area contributed by atoms with Crippen molar-refractivity contribution in [2.75, 3.05) is 0 Å². The Morgan fingerprint density at radius 1 is 0.404 bits per heavy atom. The van der Waals surface area contributed by atoms with Crippen LogP contribution in [0.2, 0.25) is 0 Å². The second-order valence-electron chi connectivity index (χ2n) is 23.3. The van der Waals surface area contributed by atoms with Crippen molar-refractivity contribution < 1.29 is 13.3 Å². The predicted molar refractivity (Wildman–Crippen MR) is 483 cm³/mol. The highest BCUT2D eigenvalue weighted by molar-refractivity contribution is 7.10. The quantitative estimate of drug-likeness (QED) is 0.0939. The van der Waals surface area contributed by atoms with Crippen LogP contribution in [-0.2, 0) is 0 Å². The molecule has 0 aliphatic heterocycles. The van der Waals surface area contributed by atoms with E-state index in [-0.39, 0.29) is 0 Å². The number of nitrogens with zero attached hydrogens (tertiary/aromatic N) is 12. The van der Waals surface area contributed by atoms with E-state index in [0.717, 1.165) is 28.9 Å². The van der Waals surface area contributed by atoms with E-state index >= 15 is 0 Å². The molecule has 0 bridgehead atoms. The number of aromatic nitrogens is 16. The number of nitrogens with one attached hydrogen (secondary N) is 4. The van der Waals surface area contributed by atoms with Crippen molar-refractivity contribution in [2.24, 2.45) is 0 Å². The molecule has 630 valence electrons. The molecular weight excluding hydrogens is 1430 g/mol. The summed E-state index contributed by atoms with van der Waals surface area (Å²) in [6.45, 7) is 88.7. The number of thiazole rings is 3. The topological polar surface area (TPSA) is 257 Å². The van der Waals surface area contributed by atoms with Gasteiger partial charge in [0.25, 0.3) is 0 Å². The number of hydrogen-bond donors (Lipinski definition) is 4. The van der Waals surface area contributed by atoms with Gasteiger partial charge in [-0.1, -0.05) is 295 Å². The first-order valence-electron chi connectivity index (χ1n) is 40.3. The maximum atomic E-state index is 4.98. The highest BCUT2D eigenvalue weighted by Gasteiger charge is 2.07. The van der Waals surface area contributed by atoms with E-state index in [1.807, 2.05) is 213 Å². The van der Waals surface area contributed by atoms with Gasteiger partial charge in [0.05, 0.1) is 63.0 Å². The Labute approximate surface area is 684 Å². The van der Waals surface area contributed by atoms with Crippen molar-refractivity contribution in [1.29, 1.82) is 0 Å². The molecule has 0 saturated carbocycles. The fraction of sp³-hybridized carbons (Fsp3) is 0.628. The first-order valence-corrected chi connectivity index (χ1v) is 43.8. The summed E-state index contributed by atoms with van der Waals surface area (Å²) in [5.41, 5.74) is 10.6. The Kier molecular flexibility index (Phi) is 103. The van der Waals surface area contributed by atoms with Crippen LogP contribution in [0.1, 0.15) is 422 Å². The number of H-pyrrole nitrogens is 4. The number of hydrogen-bond acceptors (Lipinski definition) is 19. The maximum absolute atomic E-state index is 4.98. The smallest absolute Gasteiger partial charge is 0.196 e. The molecule has 0 aromatic carbocycles. The van der Waals surface area contributed by atoms with E-state index < -0.39 is 0 Å². The van der Waals surface area contributed by atoms with Gasteiger partial charge in [-0.3, -0.25) is 10.1 Å². The highest BCUT2D eigenvalue weighted by atomic mass is 32.1. The van der Waals surface area contributed by atoms with Gasteiger partial charge in [-0.15, -0.1) is 39.1 Å². The molecule has 11 heterocycles. The SMILES string of the molecule is CC.CC.CC.CC.CC.CC.CC.CC.CC.CC.CC(C)c1ccn[nH]1.CC(C)c1cnc[nH]1.CC(C)c1cnc[nH]1.CC(C)c1cnco1.CC(C)c1cncs1.CC(C)c1cocn1.CC(C)c1cscn1.CC(C)c1ncc[nH]1.CC(C)c1ncco1.CC(C)c1nccs1.Cc1nnsc1C(C)C. The van der Waals surface area contributed by atoms with Crippen molar-refractivity contribution >= 4 is 45.5 Å². The van der Waals surface area contributed by atoms with Gasteiger partial charge in [-0.2, -0.15) is 5.10 Å². The van der Waals surface area contributed by atoms with E-state index in [4.69, 9.17) is 13.3 Å². The first-order chi connectivity index (χ1) is 52.3. The molecule has 0 unspecified atom stereocenters. The summed E-state index contributed by atoms with van der Waals surface area (Å²) in [5, 5.41) is 15.9. The standard InChI is InChI=1S/C6H10N2S.4C6H10N2.3C6H9NO.3C6H9NS.10C2H6/c1-4(2)6-5(3)7-8-9-6;2*1-5(2)6-3-7-4-8-6;1-5(2)6-7-3-4-8-6;1-5(2)6-3-4-7-8-6;1-5(2)6-3-8-4-7-6;1-5(2)6-3-7-4-8-6;1-5(2)6-7-3-4-8-6;1-5(2)6-3-8-4-7-6;1-5(2)6-3-7-4-8-6;1-5(2)6-7-3-4-8-6;10*1-2/h4H,1-3H3;4*3-5H,1-2H3,(H,7,8);6*3-5H,1-2H3;10*1-2H3. The third kappa shape index (κ3) is 72.2. The summed E-state index contributed by atoms with van der Waals surface area (Å²) in [7, 11) is 0. The van der Waals surface area contributed by atoms with Gasteiger partial charge >= 0.3 is 0 Å². The zero-order chi connectivity index (χ0) is 86.7. The van der Waals surface area contributed by atoms with Gasteiger partial charge in [0, 0.05) is 99.8 Å². The molecule has 109 heavy (non-hydrogen) atoms. The van der Waals surface area contributed by atoms with Crippen molar-refractivity contribution in [1.82, 2.24) is 79.6 Å². The minimum atomic E-state index is 0.407. The third-order valence-electron chi connectivity index (χ3n) is 11.7. The number of oxazole rings is 3. The third-order valence-corrected chi connectivity index (χ3v) is 15.6. The fourth-order valence-corrected chi connectivity index (χ4v) is 8.83. The highest BCUT2D eigenvalue weighted by Crippen LogP contribution is 2.21. The van der Waals surface area contributed by atoms with Crippen LogP contribution in [0.5, 0.6) is 0 Å². The van der Waals surface area contributed by atoms with Crippen LogP contribution in [0, 0.1) is 6.92 Å². The van der Waals surface area contributed by atoms with E-state index in [2.05, 4.69) is 223 Å². The van der Waals surface area contributed by atoms with Crippen LogP contribution in [-0.4, -0.2) is 79.6 Å². The molecular formula is C86H164N16O3S4. The normalized spacial score (nSPS) is 9.05. The second-order valence-corrected chi connectivity index (χ2v) is 26.6. The summed E-state index contributed by atoms with van der Waals surface area (Å²) >= 11 is 6.59. The summed E-state index contributed by atoms with van der Waals surface area (Å²) in [4.78, 5) is 47.5. The van der Waals surface area contributed by atoms with Crippen LogP contribution in [0.15, 0.2) is 135 Å². The monoisotopic (exact) mass is 1600 g/mol. The zero-order valence-corrected chi connectivity index (χ0v) is 80.4. The molecule has 0 amide bonds. The average molecular weight is 1600 g/mol. The van der Waals surface area contributed by atoms with E-state index in [1.165, 1.54) is 61.9 Å². The van der Waals surface area contributed by atoms with Crippen molar-refractivity contribution in [3.63, 3.8) is 0 Å². The van der Waals surface area contributed by atoms with Gasteiger partial charge in [-0.05, 0) is 65.9 Å².